The van der Waals surface area contributed by atoms with Crippen molar-refractivity contribution in [3.63, 3.8) is 0 Å². The van der Waals surface area contributed by atoms with Gasteiger partial charge in [-0.2, -0.15) is 4.98 Å². The number of Topliss-reactive ketones (excluding diaryl/α,β-unsaturated/α-hetero) is 1. The van der Waals surface area contributed by atoms with E-state index in [1.165, 1.54) is 0 Å². The van der Waals surface area contributed by atoms with Crippen LogP contribution >= 0.6 is 0 Å². The molecule has 162 valence electrons. The fraction of sp³-hybridized carbons (Fsp3) is 0.250. The van der Waals surface area contributed by atoms with Gasteiger partial charge in [-0.25, -0.2) is 9.50 Å². The van der Waals surface area contributed by atoms with Crippen LogP contribution in [0.2, 0.25) is 0 Å². The number of methoxy groups -OCH3 is 3. The number of carbonyl (C=O) groups excluding carboxylic acids is 1. The van der Waals surface area contributed by atoms with Gasteiger partial charge >= 0.3 is 0 Å². The molecular formula is C24H22N4O4. The van der Waals surface area contributed by atoms with Crippen molar-refractivity contribution in [1.82, 2.24) is 19.6 Å². The number of fused-ring (bicyclic) bond motifs is 2. The van der Waals surface area contributed by atoms with Crippen molar-refractivity contribution in [2.75, 3.05) is 21.3 Å². The fourth-order valence-electron chi connectivity index (χ4n) is 4.17. The Morgan fingerprint density at radius 1 is 0.938 bits per heavy atom. The van der Waals surface area contributed by atoms with Gasteiger partial charge in [-0.15, -0.1) is 5.10 Å². The average molecular weight is 430 g/mol. The molecule has 8 heteroatoms. The number of ether oxygens (including phenoxy) is 3. The van der Waals surface area contributed by atoms with Crippen molar-refractivity contribution >= 4 is 11.6 Å². The largest absolute Gasteiger partial charge is 0.493 e. The van der Waals surface area contributed by atoms with Crippen molar-refractivity contribution < 1.29 is 19.0 Å². The summed E-state index contributed by atoms with van der Waals surface area (Å²) < 4.78 is 18.0. The topological polar surface area (TPSA) is 87.8 Å². The molecule has 0 saturated heterocycles. The van der Waals surface area contributed by atoms with Gasteiger partial charge in [0.15, 0.2) is 23.1 Å². The van der Waals surface area contributed by atoms with E-state index in [9.17, 15) is 4.79 Å². The number of ketones is 1. The molecule has 8 nitrogen and oxygen atoms in total. The second-order valence-corrected chi connectivity index (χ2v) is 7.63. The predicted octanol–water partition coefficient (Wildman–Crippen LogP) is 3.73. The van der Waals surface area contributed by atoms with Gasteiger partial charge in [0.1, 0.15) is 0 Å². The number of hydrogen-bond donors (Lipinski definition) is 0. The molecule has 2 aromatic carbocycles. The van der Waals surface area contributed by atoms with Crippen LogP contribution in [0.3, 0.4) is 0 Å². The van der Waals surface area contributed by atoms with Crippen molar-refractivity contribution in [3.05, 3.63) is 65.5 Å². The normalized spacial score (nSPS) is 15.5. The standard InChI is InChI=1S/C24H22N4O4/c1-30-20-11-16(12-21(31-2)22(20)32-3)15-9-18-17(19(29)10-15)13-28-24(25-18)26-23(27-28)14-7-5-4-6-8-14/h4-8,11-13,15H,9-10H2,1-3H3/t15-/m0/s1. The predicted molar refractivity (Wildman–Crippen MR) is 118 cm³/mol. The second kappa shape index (κ2) is 7.96. The van der Waals surface area contributed by atoms with Crippen molar-refractivity contribution in [3.8, 4) is 28.6 Å². The maximum absolute atomic E-state index is 13.0. The highest BCUT2D eigenvalue weighted by atomic mass is 16.5. The average Bonchev–Trinajstić information content (AvgIpc) is 3.25. The number of rotatable bonds is 5. The van der Waals surface area contributed by atoms with Gasteiger partial charge in [0.2, 0.25) is 5.75 Å². The highest BCUT2D eigenvalue weighted by Crippen LogP contribution is 2.42. The minimum atomic E-state index is -0.0600. The number of nitrogens with zero attached hydrogens (tertiary/aromatic N) is 4. The van der Waals surface area contributed by atoms with Gasteiger partial charge in [-0.1, -0.05) is 30.3 Å². The van der Waals surface area contributed by atoms with E-state index in [-0.39, 0.29) is 11.7 Å². The minimum absolute atomic E-state index is 0.0242. The molecule has 0 unspecified atom stereocenters. The van der Waals surface area contributed by atoms with Crippen LogP contribution in [0.15, 0.2) is 48.7 Å². The first-order valence-corrected chi connectivity index (χ1v) is 10.3. The maximum atomic E-state index is 13.0. The van der Waals surface area contributed by atoms with E-state index in [1.807, 2.05) is 42.5 Å². The molecule has 0 radical (unpaired) electrons. The fourth-order valence-corrected chi connectivity index (χ4v) is 4.17. The van der Waals surface area contributed by atoms with Crippen LogP contribution in [0.4, 0.5) is 0 Å². The van der Waals surface area contributed by atoms with Gasteiger partial charge in [-0.3, -0.25) is 4.79 Å². The van der Waals surface area contributed by atoms with Gasteiger partial charge in [0.05, 0.1) is 32.6 Å². The smallest absolute Gasteiger partial charge is 0.252 e. The molecule has 0 amide bonds. The van der Waals surface area contributed by atoms with E-state index in [0.29, 0.717) is 47.3 Å². The third-order valence-electron chi connectivity index (χ3n) is 5.77. The maximum Gasteiger partial charge on any atom is 0.252 e. The Bertz CT molecular complexity index is 1290. The van der Waals surface area contributed by atoms with Gasteiger partial charge in [0.25, 0.3) is 5.78 Å². The van der Waals surface area contributed by atoms with E-state index in [4.69, 9.17) is 14.2 Å². The molecule has 2 aromatic heterocycles. The minimum Gasteiger partial charge on any atom is -0.493 e. The summed E-state index contributed by atoms with van der Waals surface area (Å²) in [6.45, 7) is 0. The molecule has 1 atom stereocenters. The summed E-state index contributed by atoms with van der Waals surface area (Å²) in [6.07, 6.45) is 2.70. The molecule has 1 aliphatic carbocycles. The summed E-state index contributed by atoms with van der Waals surface area (Å²) in [5, 5.41) is 4.51. The first-order valence-electron chi connectivity index (χ1n) is 10.3. The van der Waals surface area contributed by atoms with Crippen LogP contribution < -0.4 is 14.2 Å². The molecule has 2 heterocycles. The summed E-state index contributed by atoms with van der Waals surface area (Å²) in [6, 6.07) is 13.5. The molecule has 0 spiro atoms. The number of aromatic nitrogens is 4. The molecule has 1 aliphatic rings. The SMILES string of the molecule is COc1cc([C@@H]2CC(=O)c3cn4nc(-c5ccccc5)nc4nc3C2)cc(OC)c1OC. The molecule has 0 saturated carbocycles. The van der Waals surface area contributed by atoms with E-state index in [0.717, 1.165) is 16.8 Å². The molecule has 4 aromatic rings. The van der Waals surface area contributed by atoms with Crippen molar-refractivity contribution in [2.24, 2.45) is 0 Å². The molecule has 5 rings (SSSR count). The number of hydrogen-bond acceptors (Lipinski definition) is 7. The van der Waals surface area contributed by atoms with Crippen LogP contribution in [-0.2, 0) is 6.42 Å². The Morgan fingerprint density at radius 2 is 1.66 bits per heavy atom. The van der Waals surface area contributed by atoms with Crippen molar-refractivity contribution in [1.29, 1.82) is 0 Å². The first-order chi connectivity index (χ1) is 15.6. The first kappa shape index (κ1) is 20.0. The van der Waals surface area contributed by atoms with Crippen LogP contribution in [0.5, 0.6) is 17.2 Å². The second-order valence-electron chi connectivity index (χ2n) is 7.63. The Labute approximate surface area is 184 Å². The van der Waals surface area contributed by atoms with Gasteiger partial charge in [-0.05, 0) is 30.0 Å². The molecule has 32 heavy (non-hydrogen) atoms. The van der Waals surface area contributed by atoms with Crippen LogP contribution in [-0.4, -0.2) is 46.7 Å². The molecule has 0 aliphatic heterocycles. The molecule has 0 N–H and O–H groups in total. The number of benzene rings is 2. The lowest BCUT2D eigenvalue weighted by atomic mass is 9.82. The van der Waals surface area contributed by atoms with E-state index in [1.54, 1.807) is 32.0 Å². The Hall–Kier alpha value is -3.94. The summed E-state index contributed by atoms with van der Waals surface area (Å²) in [7, 11) is 4.73. The summed E-state index contributed by atoms with van der Waals surface area (Å²) in [5.74, 6) is 2.67. The lowest BCUT2D eigenvalue weighted by molar-refractivity contribution is 0.0962. The van der Waals surface area contributed by atoms with Crippen LogP contribution in [0, 0.1) is 0 Å². The zero-order valence-electron chi connectivity index (χ0n) is 18.0. The molecule has 0 fully saturated rings. The monoisotopic (exact) mass is 430 g/mol. The summed E-state index contributed by atoms with van der Waals surface area (Å²) >= 11 is 0. The summed E-state index contributed by atoms with van der Waals surface area (Å²) in [4.78, 5) is 22.3. The van der Waals surface area contributed by atoms with Crippen LogP contribution in [0.1, 0.15) is 34.0 Å². The van der Waals surface area contributed by atoms with E-state index >= 15 is 0 Å². The lowest BCUT2D eigenvalue weighted by Crippen LogP contribution is -2.21. The zero-order chi connectivity index (χ0) is 22.2. The Kier molecular flexibility index (Phi) is 4.97. The molecular weight excluding hydrogens is 408 g/mol. The highest BCUT2D eigenvalue weighted by Gasteiger charge is 2.30. The van der Waals surface area contributed by atoms with E-state index < -0.39 is 0 Å². The third kappa shape index (κ3) is 3.33. The Balaban J connectivity index is 1.54. The van der Waals surface area contributed by atoms with E-state index in [2.05, 4.69) is 15.1 Å². The highest BCUT2D eigenvalue weighted by molar-refractivity contribution is 5.98. The number of carbonyl (C=O) groups is 1. The molecule has 0 bridgehead atoms. The third-order valence-corrected chi connectivity index (χ3v) is 5.77. The van der Waals surface area contributed by atoms with Gasteiger partial charge < -0.3 is 14.2 Å². The van der Waals surface area contributed by atoms with Crippen LogP contribution in [0.25, 0.3) is 17.2 Å². The lowest BCUT2D eigenvalue weighted by Gasteiger charge is -2.24. The Morgan fingerprint density at radius 3 is 2.31 bits per heavy atom. The quantitative estimate of drug-likeness (QED) is 0.477. The van der Waals surface area contributed by atoms with Gasteiger partial charge in [0, 0.05) is 18.2 Å². The zero-order valence-corrected chi connectivity index (χ0v) is 18.0. The summed E-state index contributed by atoms with van der Waals surface area (Å²) in [5.41, 5.74) is 3.15. The van der Waals surface area contributed by atoms with Crippen molar-refractivity contribution in [2.45, 2.75) is 18.8 Å².